The third kappa shape index (κ3) is 4.29. The summed E-state index contributed by atoms with van der Waals surface area (Å²) in [6.45, 7) is 9.47. The van der Waals surface area contributed by atoms with Crippen LogP contribution in [0.3, 0.4) is 0 Å². The number of ketones is 1. The van der Waals surface area contributed by atoms with Crippen LogP contribution in [0.2, 0.25) is 0 Å². The maximum Gasteiger partial charge on any atom is 0.420 e. The quantitative estimate of drug-likeness (QED) is 0.510. The van der Waals surface area contributed by atoms with E-state index in [9.17, 15) is 14.2 Å². The van der Waals surface area contributed by atoms with E-state index in [2.05, 4.69) is 0 Å². The number of carbonyl (C=O) groups is 2. The second-order valence-corrected chi connectivity index (χ2v) is 8.23. The van der Waals surface area contributed by atoms with E-state index in [1.54, 1.807) is 0 Å². The molecule has 0 aliphatic heterocycles. The van der Waals surface area contributed by atoms with E-state index in [1.165, 1.54) is 0 Å². The zero-order valence-corrected chi connectivity index (χ0v) is 16.4. The Morgan fingerprint density at radius 2 is 1.36 bits per heavy atom. The van der Waals surface area contributed by atoms with E-state index in [0.29, 0.717) is 11.1 Å². The van der Waals surface area contributed by atoms with Crippen LogP contribution in [-0.4, -0.2) is 17.5 Å². The van der Waals surface area contributed by atoms with Crippen molar-refractivity contribution in [2.75, 3.05) is 6.16 Å². The summed E-state index contributed by atoms with van der Waals surface area (Å²) in [5.41, 5.74) is 5.45. The fourth-order valence-electron chi connectivity index (χ4n) is 3.33. The van der Waals surface area contributed by atoms with Gasteiger partial charge in [-0.15, -0.1) is 0 Å². The Morgan fingerprint density at radius 3 is 1.88 bits per heavy atom. The zero-order valence-electron chi connectivity index (χ0n) is 15.5. The van der Waals surface area contributed by atoms with E-state index in [4.69, 9.17) is 0 Å². The van der Waals surface area contributed by atoms with Crippen molar-refractivity contribution in [1.82, 2.24) is 0 Å². The molecule has 130 valence electrons. The van der Waals surface area contributed by atoms with Crippen LogP contribution in [0, 0.1) is 34.6 Å². The number of benzene rings is 2. The Bertz CT molecular complexity index is 822. The second kappa shape index (κ2) is 7.84. The highest BCUT2D eigenvalue weighted by atomic mass is 31.1. The van der Waals surface area contributed by atoms with Crippen LogP contribution in [0.5, 0.6) is 0 Å². The molecule has 0 aliphatic rings. The van der Waals surface area contributed by atoms with Crippen LogP contribution in [0.25, 0.3) is 0 Å². The van der Waals surface area contributed by atoms with Crippen LogP contribution in [0.15, 0.2) is 30.3 Å². The van der Waals surface area contributed by atoms with Crippen molar-refractivity contribution in [3.63, 3.8) is 0 Å². The summed E-state index contributed by atoms with van der Waals surface area (Å²) < 4.78 is 12.5. The molecule has 4 heteroatoms. The van der Waals surface area contributed by atoms with E-state index >= 15 is 0 Å². The molecule has 0 heterocycles. The van der Waals surface area contributed by atoms with Gasteiger partial charge < -0.3 is 0 Å². The molecule has 25 heavy (non-hydrogen) atoms. The topological polar surface area (TPSA) is 51.2 Å². The first-order chi connectivity index (χ1) is 11.7. The summed E-state index contributed by atoms with van der Waals surface area (Å²) in [5, 5.41) is 0. The minimum atomic E-state index is -2.11. The minimum Gasteiger partial charge on any atom is -0.294 e. The summed E-state index contributed by atoms with van der Waals surface area (Å²) >= 11 is 0. The maximum atomic E-state index is 12.6. The Hall–Kier alpha value is -2.12. The average molecular weight is 355 g/mol. The fraction of sp³-hybridized carbons (Fsp3) is 0.333. The van der Waals surface area contributed by atoms with E-state index in [1.807, 2.05) is 65.0 Å². The van der Waals surface area contributed by atoms with Gasteiger partial charge in [-0.2, -0.15) is 0 Å². The highest BCUT2D eigenvalue weighted by Crippen LogP contribution is 2.32. The Morgan fingerprint density at radius 1 is 0.840 bits per heavy atom. The fourth-order valence-corrected chi connectivity index (χ4v) is 4.54. The van der Waals surface area contributed by atoms with Crippen molar-refractivity contribution in [3.05, 3.63) is 69.3 Å². The predicted molar refractivity (Wildman–Crippen MR) is 102 cm³/mol. The lowest BCUT2D eigenvalue weighted by Gasteiger charge is -2.07. The summed E-state index contributed by atoms with van der Waals surface area (Å²) in [7, 11) is -2.11. The van der Waals surface area contributed by atoms with E-state index < -0.39 is 7.80 Å². The first-order valence-corrected chi connectivity index (χ1v) is 9.83. The van der Waals surface area contributed by atoms with Crippen molar-refractivity contribution >= 4 is 19.1 Å². The molecule has 3 nitrogen and oxygen atoms in total. The first kappa shape index (κ1) is 19.2. The third-order valence-corrected chi connectivity index (χ3v) is 5.73. The molecule has 1 unspecified atom stereocenters. The van der Waals surface area contributed by atoms with Gasteiger partial charge in [-0.3, -0.25) is 4.79 Å². The summed E-state index contributed by atoms with van der Waals surface area (Å²) in [6.07, 6.45) is 0.212. The molecule has 0 fully saturated rings. The van der Waals surface area contributed by atoms with Crippen LogP contribution < -0.4 is 0 Å². The van der Waals surface area contributed by atoms with Crippen LogP contribution >= 0.6 is 7.80 Å². The van der Waals surface area contributed by atoms with Gasteiger partial charge in [0.25, 0.3) is 0 Å². The van der Waals surface area contributed by atoms with Gasteiger partial charge in [0.1, 0.15) is 0 Å². The number of hydrogen-bond acceptors (Lipinski definition) is 3. The van der Waals surface area contributed by atoms with Gasteiger partial charge in [-0.25, -0.2) is 4.79 Å². The monoisotopic (exact) mass is 355 g/mol. The Kier molecular flexibility index (Phi) is 6.02. The Labute approximate surface area is 150 Å². The zero-order chi connectivity index (χ0) is 18.7. The standard InChI is InChI=1S/C21H24O3P/c1-13-11-16(4)20(17(5)12-13)21(23)25(24)10-9-18(22)19-14(2)7-6-8-15(19)3/h6-8,11-12H,9-10H2,1-5H3/q+1. The number of aryl methyl sites for hydroxylation is 5. The van der Waals surface area contributed by atoms with Gasteiger partial charge in [-0.05, 0) is 56.9 Å². The molecule has 0 aliphatic carbocycles. The smallest absolute Gasteiger partial charge is 0.294 e. The summed E-state index contributed by atoms with van der Waals surface area (Å²) in [5.74, 6) is -0.0518. The van der Waals surface area contributed by atoms with Gasteiger partial charge in [0.2, 0.25) is 0 Å². The first-order valence-electron chi connectivity index (χ1n) is 8.38. The predicted octanol–water partition coefficient (Wildman–Crippen LogP) is 5.47. The van der Waals surface area contributed by atoms with Gasteiger partial charge in [0, 0.05) is 5.56 Å². The van der Waals surface area contributed by atoms with Crippen molar-refractivity contribution in [2.24, 2.45) is 0 Å². The van der Waals surface area contributed by atoms with Crippen molar-refractivity contribution < 1.29 is 14.2 Å². The van der Waals surface area contributed by atoms with Gasteiger partial charge in [0.05, 0.1) is 12.0 Å². The summed E-state index contributed by atoms with van der Waals surface area (Å²) in [4.78, 5) is 25.1. The third-order valence-electron chi connectivity index (χ3n) is 4.42. The molecule has 0 amide bonds. The van der Waals surface area contributed by atoms with Crippen LogP contribution in [-0.2, 0) is 4.57 Å². The number of Topliss-reactive ketones (excluding diaryl/α,β-unsaturated/α-hetero) is 1. The number of rotatable bonds is 6. The molecule has 0 aromatic heterocycles. The highest BCUT2D eigenvalue weighted by molar-refractivity contribution is 7.64. The molecule has 0 radical (unpaired) electrons. The molecular weight excluding hydrogens is 331 g/mol. The molecule has 0 saturated heterocycles. The van der Waals surface area contributed by atoms with Gasteiger partial charge >= 0.3 is 13.3 Å². The molecule has 0 saturated carbocycles. The molecular formula is C21H24O3P+. The molecule has 1 atom stereocenters. The molecule has 0 bridgehead atoms. The van der Waals surface area contributed by atoms with Gasteiger partial charge in [0.15, 0.2) is 11.9 Å². The molecule has 0 N–H and O–H groups in total. The Balaban J connectivity index is 2.13. The SMILES string of the molecule is Cc1cc(C)c(C(=O)[P+](=O)CCC(=O)c2c(C)cccc2C)c(C)c1. The normalized spacial score (nSPS) is 11.3. The maximum absolute atomic E-state index is 12.6. The van der Waals surface area contributed by atoms with Crippen LogP contribution in [0.1, 0.15) is 55.0 Å². The molecule has 0 spiro atoms. The van der Waals surface area contributed by atoms with Gasteiger partial charge in [-0.1, -0.05) is 40.5 Å². The second-order valence-electron chi connectivity index (χ2n) is 6.62. The summed E-state index contributed by atoms with van der Waals surface area (Å²) in [6, 6.07) is 9.54. The average Bonchev–Trinajstić information content (AvgIpc) is 2.51. The van der Waals surface area contributed by atoms with Crippen molar-refractivity contribution in [3.8, 4) is 0 Å². The molecule has 2 aromatic rings. The number of carbonyl (C=O) groups excluding carboxylic acids is 2. The lowest BCUT2D eigenvalue weighted by Crippen LogP contribution is -2.08. The van der Waals surface area contributed by atoms with E-state index in [-0.39, 0.29) is 23.9 Å². The molecule has 2 aromatic carbocycles. The lowest BCUT2D eigenvalue weighted by molar-refractivity contribution is 0.0988. The number of hydrogen-bond donors (Lipinski definition) is 0. The highest BCUT2D eigenvalue weighted by Gasteiger charge is 2.33. The largest absolute Gasteiger partial charge is 0.420 e. The van der Waals surface area contributed by atoms with Crippen molar-refractivity contribution in [1.29, 1.82) is 0 Å². The molecule has 2 rings (SSSR count). The van der Waals surface area contributed by atoms with E-state index in [0.717, 1.165) is 27.8 Å². The van der Waals surface area contributed by atoms with Crippen molar-refractivity contribution in [2.45, 2.75) is 41.0 Å². The minimum absolute atomic E-state index is 0.0518. The van der Waals surface area contributed by atoms with Crippen LogP contribution in [0.4, 0.5) is 0 Å². The lowest BCUT2D eigenvalue weighted by atomic mass is 9.98.